The van der Waals surface area contributed by atoms with Crippen LogP contribution in [0.4, 0.5) is 0 Å². The minimum Gasteiger partial charge on any atom is -0.506 e. The van der Waals surface area contributed by atoms with E-state index in [-0.39, 0.29) is 11.9 Å². The minimum absolute atomic E-state index is 0.114. The Balaban J connectivity index is 1.79. The van der Waals surface area contributed by atoms with Crippen molar-refractivity contribution in [1.29, 1.82) is 0 Å². The summed E-state index contributed by atoms with van der Waals surface area (Å²) in [5.74, 6) is 0.481. The lowest BCUT2D eigenvalue weighted by molar-refractivity contribution is 0.0695. The van der Waals surface area contributed by atoms with E-state index in [2.05, 4.69) is 5.32 Å². The molecule has 1 aromatic rings. The van der Waals surface area contributed by atoms with Crippen LogP contribution in [0.15, 0.2) is 18.2 Å². The summed E-state index contributed by atoms with van der Waals surface area (Å²) < 4.78 is 0. The molecule has 0 spiro atoms. The quantitative estimate of drug-likeness (QED) is 0.788. The van der Waals surface area contributed by atoms with E-state index < -0.39 is 0 Å². The van der Waals surface area contributed by atoms with Crippen molar-refractivity contribution in [3.05, 3.63) is 28.8 Å². The molecule has 1 aromatic carbocycles. The summed E-state index contributed by atoms with van der Waals surface area (Å²) in [5.41, 5.74) is 1.04. The first-order valence-corrected chi connectivity index (χ1v) is 6.91. The SMILES string of the molecule is Oc1ccc(CNCC2CCCCC2O)cc1Cl. The monoisotopic (exact) mass is 269 g/mol. The molecule has 2 unspecified atom stereocenters. The van der Waals surface area contributed by atoms with Crippen LogP contribution in [-0.2, 0) is 6.54 Å². The second kappa shape index (κ2) is 6.41. The van der Waals surface area contributed by atoms with E-state index in [1.165, 1.54) is 6.42 Å². The fourth-order valence-corrected chi connectivity index (χ4v) is 2.69. The molecule has 1 aliphatic carbocycles. The van der Waals surface area contributed by atoms with Crippen LogP contribution in [0.1, 0.15) is 31.2 Å². The van der Waals surface area contributed by atoms with Gasteiger partial charge >= 0.3 is 0 Å². The van der Waals surface area contributed by atoms with E-state index in [1.807, 2.05) is 6.07 Å². The largest absolute Gasteiger partial charge is 0.506 e. The number of phenols is 1. The Morgan fingerprint density at radius 2 is 2.06 bits per heavy atom. The van der Waals surface area contributed by atoms with E-state index in [0.717, 1.165) is 31.4 Å². The summed E-state index contributed by atoms with van der Waals surface area (Å²) in [5, 5.41) is 22.9. The van der Waals surface area contributed by atoms with Crippen LogP contribution in [0, 0.1) is 5.92 Å². The lowest BCUT2D eigenvalue weighted by Gasteiger charge is -2.27. The maximum atomic E-state index is 9.85. The third-order valence-electron chi connectivity index (χ3n) is 3.62. The van der Waals surface area contributed by atoms with Crippen molar-refractivity contribution in [2.24, 2.45) is 5.92 Å². The van der Waals surface area contributed by atoms with Gasteiger partial charge in [-0.2, -0.15) is 0 Å². The standard InChI is InChI=1S/C14H20ClNO2/c15-12-7-10(5-6-14(12)18)8-16-9-11-3-1-2-4-13(11)17/h5-7,11,13,16-18H,1-4,8-9H2. The van der Waals surface area contributed by atoms with Crippen molar-refractivity contribution in [1.82, 2.24) is 5.32 Å². The van der Waals surface area contributed by atoms with Gasteiger partial charge in [-0.15, -0.1) is 0 Å². The normalized spacial score (nSPS) is 24.1. The Hall–Kier alpha value is -0.770. The number of hydrogen-bond donors (Lipinski definition) is 3. The van der Waals surface area contributed by atoms with Gasteiger partial charge in [-0.25, -0.2) is 0 Å². The highest BCUT2D eigenvalue weighted by atomic mass is 35.5. The highest BCUT2D eigenvalue weighted by Gasteiger charge is 2.22. The summed E-state index contributed by atoms with van der Waals surface area (Å²) in [6, 6.07) is 5.22. The number of benzene rings is 1. The number of aliphatic hydroxyl groups is 1. The van der Waals surface area contributed by atoms with Gasteiger partial charge in [0.15, 0.2) is 0 Å². The van der Waals surface area contributed by atoms with Crippen molar-refractivity contribution in [3.8, 4) is 5.75 Å². The van der Waals surface area contributed by atoms with Crippen LogP contribution in [0.25, 0.3) is 0 Å². The molecular formula is C14H20ClNO2. The van der Waals surface area contributed by atoms with Crippen molar-refractivity contribution >= 4 is 11.6 Å². The van der Waals surface area contributed by atoms with E-state index >= 15 is 0 Å². The predicted octanol–water partition coefficient (Wildman–Crippen LogP) is 2.69. The predicted molar refractivity (Wildman–Crippen MR) is 72.8 cm³/mol. The molecule has 2 atom stereocenters. The van der Waals surface area contributed by atoms with Crippen LogP contribution in [0.3, 0.4) is 0 Å². The molecule has 0 saturated heterocycles. The van der Waals surface area contributed by atoms with Gasteiger partial charge in [0, 0.05) is 13.1 Å². The van der Waals surface area contributed by atoms with Gasteiger partial charge in [0.25, 0.3) is 0 Å². The zero-order valence-corrected chi connectivity index (χ0v) is 11.2. The Labute approximate surface area is 113 Å². The minimum atomic E-state index is -0.158. The van der Waals surface area contributed by atoms with Crippen LogP contribution in [0.2, 0.25) is 5.02 Å². The molecule has 18 heavy (non-hydrogen) atoms. The molecular weight excluding hydrogens is 250 g/mol. The maximum Gasteiger partial charge on any atom is 0.134 e. The van der Waals surface area contributed by atoms with Crippen LogP contribution < -0.4 is 5.32 Å². The Bertz CT molecular complexity index is 397. The maximum absolute atomic E-state index is 9.85. The zero-order chi connectivity index (χ0) is 13.0. The molecule has 100 valence electrons. The fourth-order valence-electron chi connectivity index (χ4n) is 2.49. The molecule has 0 amide bonds. The Morgan fingerprint density at radius 3 is 2.78 bits per heavy atom. The molecule has 1 aliphatic rings. The smallest absolute Gasteiger partial charge is 0.134 e. The Kier molecular flexibility index (Phi) is 4.87. The van der Waals surface area contributed by atoms with Crippen LogP contribution in [-0.4, -0.2) is 22.9 Å². The van der Waals surface area contributed by atoms with Gasteiger partial charge in [0.05, 0.1) is 11.1 Å². The van der Waals surface area contributed by atoms with Crippen molar-refractivity contribution in [3.63, 3.8) is 0 Å². The molecule has 1 saturated carbocycles. The van der Waals surface area contributed by atoms with Crippen LogP contribution >= 0.6 is 11.6 Å². The van der Waals surface area contributed by atoms with Gasteiger partial charge in [-0.3, -0.25) is 0 Å². The molecule has 2 rings (SSSR count). The lowest BCUT2D eigenvalue weighted by atomic mass is 9.86. The number of hydrogen-bond acceptors (Lipinski definition) is 3. The molecule has 3 N–H and O–H groups in total. The van der Waals surface area contributed by atoms with Crippen molar-refractivity contribution < 1.29 is 10.2 Å². The third kappa shape index (κ3) is 3.61. The first kappa shape index (κ1) is 13.7. The van der Waals surface area contributed by atoms with E-state index in [9.17, 15) is 10.2 Å². The summed E-state index contributed by atoms with van der Waals surface area (Å²) in [6.45, 7) is 1.54. The van der Waals surface area contributed by atoms with Gasteiger partial charge in [-0.1, -0.05) is 30.5 Å². The molecule has 0 heterocycles. The number of aromatic hydroxyl groups is 1. The zero-order valence-electron chi connectivity index (χ0n) is 10.4. The average molecular weight is 270 g/mol. The highest BCUT2D eigenvalue weighted by Crippen LogP contribution is 2.25. The first-order chi connectivity index (χ1) is 8.66. The van der Waals surface area contributed by atoms with Crippen molar-refractivity contribution in [2.45, 2.75) is 38.3 Å². The highest BCUT2D eigenvalue weighted by molar-refractivity contribution is 6.32. The van der Waals surface area contributed by atoms with Gasteiger partial charge in [0.1, 0.15) is 5.75 Å². The molecule has 3 nitrogen and oxygen atoms in total. The summed E-state index contributed by atoms with van der Waals surface area (Å²) >= 11 is 5.85. The van der Waals surface area contributed by atoms with Gasteiger partial charge < -0.3 is 15.5 Å². The summed E-state index contributed by atoms with van der Waals surface area (Å²) in [7, 11) is 0. The second-order valence-corrected chi connectivity index (χ2v) is 5.44. The molecule has 0 bridgehead atoms. The van der Waals surface area contributed by atoms with E-state index in [0.29, 0.717) is 17.5 Å². The second-order valence-electron chi connectivity index (χ2n) is 5.03. The number of nitrogens with one attached hydrogen (secondary N) is 1. The average Bonchev–Trinajstić information content (AvgIpc) is 2.36. The van der Waals surface area contributed by atoms with Gasteiger partial charge in [0.2, 0.25) is 0 Å². The number of halogens is 1. The molecule has 0 radical (unpaired) electrons. The molecule has 0 aliphatic heterocycles. The van der Waals surface area contributed by atoms with Crippen molar-refractivity contribution in [2.75, 3.05) is 6.54 Å². The van der Waals surface area contributed by atoms with Gasteiger partial charge in [-0.05, 0) is 36.5 Å². The van der Waals surface area contributed by atoms with E-state index in [4.69, 9.17) is 11.6 Å². The lowest BCUT2D eigenvalue weighted by Crippen LogP contribution is -2.33. The molecule has 0 aromatic heterocycles. The number of rotatable bonds is 4. The summed E-state index contributed by atoms with van der Waals surface area (Å²) in [6.07, 6.45) is 4.23. The molecule has 1 fully saturated rings. The third-order valence-corrected chi connectivity index (χ3v) is 3.92. The van der Waals surface area contributed by atoms with E-state index in [1.54, 1.807) is 12.1 Å². The van der Waals surface area contributed by atoms with Crippen LogP contribution in [0.5, 0.6) is 5.75 Å². The fraction of sp³-hybridized carbons (Fsp3) is 0.571. The Morgan fingerprint density at radius 1 is 1.28 bits per heavy atom. The number of phenolic OH excluding ortho intramolecular Hbond substituents is 1. The molecule has 4 heteroatoms. The topological polar surface area (TPSA) is 52.5 Å². The summed E-state index contributed by atoms with van der Waals surface area (Å²) in [4.78, 5) is 0. The first-order valence-electron chi connectivity index (χ1n) is 6.53. The number of aliphatic hydroxyl groups excluding tert-OH is 1.